The van der Waals surface area contributed by atoms with Crippen LogP contribution in [0.15, 0.2) is 79.1 Å². The average molecular weight is 444 g/mol. The third-order valence-corrected chi connectivity index (χ3v) is 5.27. The van der Waals surface area contributed by atoms with Crippen molar-refractivity contribution in [2.75, 3.05) is 0 Å². The zero-order valence-corrected chi connectivity index (χ0v) is 16.7. The van der Waals surface area contributed by atoms with Gasteiger partial charge in [-0.05, 0) is 53.1 Å². The van der Waals surface area contributed by atoms with Crippen LogP contribution in [0.2, 0.25) is 0 Å². The largest absolute Gasteiger partial charge is 0.416 e. The highest BCUT2D eigenvalue weighted by atomic mass is 35.5. The molecule has 0 aliphatic carbocycles. The fourth-order valence-corrected chi connectivity index (χ4v) is 3.87. The summed E-state index contributed by atoms with van der Waals surface area (Å²) in [6.07, 6.45) is -0.795. The van der Waals surface area contributed by atoms with Crippen molar-refractivity contribution in [1.29, 1.82) is 0 Å². The van der Waals surface area contributed by atoms with Crippen molar-refractivity contribution in [3.8, 4) is 0 Å². The molecule has 0 aliphatic heterocycles. The number of aromatic amines is 2. The fourth-order valence-electron chi connectivity index (χ4n) is 3.87. The summed E-state index contributed by atoms with van der Waals surface area (Å²) in [5, 5.41) is 1.74. The van der Waals surface area contributed by atoms with E-state index in [-0.39, 0.29) is 18.2 Å². The maximum absolute atomic E-state index is 13.7. The predicted molar refractivity (Wildman–Crippen MR) is 116 cm³/mol. The number of nitrogens with one attached hydrogen (secondary N) is 2. The Balaban J connectivity index is 0.00000231. The van der Waals surface area contributed by atoms with E-state index >= 15 is 0 Å². The molecule has 0 fully saturated rings. The first kappa shape index (κ1) is 21.0. The Morgan fingerprint density at radius 3 is 2.00 bits per heavy atom. The normalized spacial score (nSPS) is 11.9. The zero-order chi connectivity index (χ0) is 20.9. The molecule has 2 nitrogen and oxygen atoms in total. The van der Waals surface area contributed by atoms with Crippen molar-refractivity contribution < 1.29 is 17.6 Å². The van der Waals surface area contributed by atoms with Gasteiger partial charge in [0, 0.05) is 34.2 Å². The van der Waals surface area contributed by atoms with Crippen LogP contribution in [0.4, 0.5) is 17.6 Å². The molecule has 1 radical (unpaired) electrons. The number of rotatable bonds is 3. The maximum atomic E-state index is 13.7. The third kappa shape index (κ3) is 3.68. The Labute approximate surface area is 181 Å². The number of alkyl halides is 3. The van der Waals surface area contributed by atoms with E-state index in [1.54, 1.807) is 12.3 Å². The van der Waals surface area contributed by atoms with Crippen LogP contribution >= 0.6 is 12.4 Å². The lowest BCUT2D eigenvalue weighted by Gasteiger charge is -2.17. The van der Waals surface area contributed by atoms with Crippen LogP contribution in [0.1, 0.15) is 22.3 Å². The van der Waals surface area contributed by atoms with Gasteiger partial charge in [-0.3, -0.25) is 0 Å². The molecule has 2 aromatic heterocycles. The van der Waals surface area contributed by atoms with Crippen LogP contribution in [0, 0.1) is 11.7 Å². The molecule has 0 spiro atoms. The van der Waals surface area contributed by atoms with Gasteiger partial charge in [0.25, 0.3) is 0 Å². The van der Waals surface area contributed by atoms with Gasteiger partial charge >= 0.3 is 6.18 Å². The number of halogens is 5. The molecular formula is C24H16ClF4N2. The van der Waals surface area contributed by atoms with Crippen LogP contribution in [0.5, 0.6) is 0 Å². The second kappa shape index (κ2) is 7.78. The van der Waals surface area contributed by atoms with Crippen LogP contribution < -0.4 is 0 Å². The van der Waals surface area contributed by atoms with E-state index in [1.807, 2.05) is 30.5 Å². The molecule has 0 unspecified atom stereocenters. The van der Waals surface area contributed by atoms with Gasteiger partial charge in [-0.1, -0.05) is 30.3 Å². The van der Waals surface area contributed by atoms with E-state index in [0.29, 0.717) is 11.1 Å². The molecular weight excluding hydrogens is 428 g/mol. The van der Waals surface area contributed by atoms with Gasteiger partial charge in [-0.15, -0.1) is 12.4 Å². The zero-order valence-electron chi connectivity index (χ0n) is 15.9. The Hall–Kier alpha value is -3.25. The van der Waals surface area contributed by atoms with E-state index < -0.39 is 11.7 Å². The van der Waals surface area contributed by atoms with Gasteiger partial charge < -0.3 is 9.97 Å². The average Bonchev–Trinajstić information content (AvgIpc) is 3.33. The van der Waals surface area contributed by atoms with Crippen LogP contribution in [-0.4, -0.2) is 9.97 Å². The summed E-state index contributed by atoms with van der Waals surface area (Å²) in [6, 6.07) is 17.3. The van der Waals surface area contributed by atoms with Crippen LogP contribution in [-0.2, 0) is 6.18 Å². The van der Waals surface area contributed by atoms with E-state index in [0.717, 1.165) is 45.5 Å². The molecule has 5 rings (SSSR count). The molecule has 157 valence electrons. The molecule has 0 atom stereocenters. The lowest BCUT2D eigenvalue weighted by Crippen LogP contribution is -2.07. The Kier molecular flexibility index (Phi) is 5.27. The molecule has 31 heavy (non-hydrogen) atoms. The highest BCUT2D eigenvalue weighted by Crippen LogP contribution is 2.39. The minimum Gasteiger partial charge on any atom is -0.361 e. The van der Waals surface area contributed by atoms with Crippen molar-refractivity contribution in [3.63, 3.8) is 0 Å². The monoisotopic (exact) mass is 443 g/mol. The maximum Gasteiger partial charge on any atom is 0.416 e. The number of benzene rings is 3. The summed E-state index contributed by atoms with van der Waals surface area (Å²) >= 11 is 0. The summed E-state index contributed by atoms with van der Waals surface area (Å²) in [5.74, 6) is 0.401. The number of hydrogen-bond donors (Lipinski definition) is 2. The Bertz CT molecular complexity index is 1350. The minimum absolute atomic E-state index is 0. The summed E-state index contributed by atoms with van der Waals surface area (Å²) in [6.45, 7) is 0. The molecule has 0 amide bonds. The topological polar surface area (TPSA) is 31.6 Å². The van der Waals surface area contributed by atoms with Gasteiger partial charge in [-0.25, -0.2) is 4.39 Å². The quantitative estimate of drug-likeness (QED) is 0.275. The van der Waals surface area contributed by atoms with Crippen molar-refractivity contribution in [3.05, 3.63) is 113 Å². The van der Waals surface area contributed by atoms with Crippen molar-refractivity contribution >= 4 is 34.2 Å². The number of para-hydroxylation sites is 1. The fraction of sp³-hybridized carbons (Fsp3) is 0.0417. The van der Waals surface area contributed by atoms with Gasteiger partial charge in [0.1, 0.15) is 5.82 Å². The van der Waals surface area contributed by atoms with Crippen LogP contribution in [0.3, 0.4) is 0 Å². The van der Waals surface area contributed by atoms with Crippen molar-refractivity contribution in [2.24, 2.45) is 0 Å². The number of fused-ring (bicyclic) bond motifs is 2. The molecule has 2 heterocycles. The first-order valence-corrected chi connectivity index (χ1v) is 9.30. The van der Waals surface area contributed by atoms with Gasteiger partial charge in [0.05, 0.1) is 11.5 Å². The first-order chi connectivity index (χ1) is 14.4. The summed E-state index contributed by atoms with van der Waals surface area (Å²) in [4.78, 5) is 6.30. The summed E-state index contributed by atoms with van der Waals surface area (Å²) in [5.41, 5.74) is 3.12. The molecule has 0 aliphatic rings. The number of aromatic nitrogens is 2. The van der Waals surface area contributed by atoms with Gasteiger partial charge in [-0.2, -0.15) is 13.2 Å². The second-order valence-corrected chi connectivity index (χ2v) is 7.09. The van der Waals surface area contributed by atoms with Gasteiger partial charge in [0.2, 0.25) is 0 Å². The van der Waals surface area contributed by atoms with E-state index in [2.05, 4.69) is 9.97 Å². The van der Waals surface area contributed by atoms with E-state index in [9.17, 15) is 17.6 Å². The molecule has 0 saturated carbocycles. The molecule has 2 N–H and O–H groups in total. The highest BCUT2D eigenvalue weighted by molar-refractivity contribution is 5.93. The minimum atomic E-state index is -4.40. The predicted octanol–water partition coefficient (Wildman–Crippen LogP) is 7.25. The third-order valence-electron chi connectivity index (χ3n) is 5.27. The highest BCUT2D eigenvalue weighted by Gasteiger charge is 2.31. The lowest BCUT2D eigenvalue weighted by atomic mass is 9.84. The van der Waals surface area contributed by atoms with Crippen LogP contribution in [0.25, 0.3) is 21.8 Å². The number of hydrogen-bond acceptors (Lipinski definition) is 0. The van der Waals surface area contributed by atoms with Crippen molar-refractivity contribution in [2.45, 2.75) is 6.18 Å². The smallest absolute Gasteiger partial charge is 0.361 e. The van der Waals surface area contributed by atoms with Gasteiger partial charge in [0.15, 0.2) is 0 Å². The summed E-state index contributed by atoms with van der Waals surface area (Å²) < 4.78 is 52.9. The molecule has 7 heteroatoms. The molecule has 5 aromatic rings. The molecule has 0 bridgehead atoms. The lowest BCUT2D eigenvalue weighted by molar-refractivity contribution is -0.137. The summed E-state index contributed by atoms with van der Waals surface area (Å²) in [7, 11) is 0. The first-order valence-electron chi connectivity index (χ1n) is 9.30. The second-order valence-electron chi connectivity index (χ2n) is 7.09. The van der Waals surface area contributed by atoms with Crippen molar-refractivity contribution in [1.82, 2.24) is 9.97 Å². The SMILES string of the molecule is Cl.Fc1ccc2c([C](c3ccc(C(F)(F)F)cc3)c3c[nH]c4ccccc34)c[nH]c2c1. The Morgan fingerprint density at radius 1 is 0.710 bits per heavy atom. The number of H-pyrrole nitrogens is 2. The van der Waals surface area contributed by atoms with E-state index in [1.165, 1.54) is 24.3 Å². The van der Waals surface area contributed by atoms with E-state index in [4.69, 9.17) is 0 Å². The standard InChI is InChI=1S/C24H15F4N2.ClH/c25-16-9-10-18-20(13-30-22(18)11-16)23(14-5-7-15(8-6-14)24(26,27)28)19-12-29-21-4-2-1-3-17(19)21;/h1-13,29-30H;1H. The molecule has 0 saturated heterocycles. The molecule has 3 aromatic carbocycles. The Morgan fingerprint density at radius 2 is 1.32 bits per heavy atom.